The average molecular weight is 300 g/mol. The number of hydrogen-bond donors (Lipinski definition) is 1. The number of hydrogen-bond acceptors (Lipinski definition) is 2. The Labute approximate surface area is 131 Å². The molecule has 1 aliphatic rings. The van der Waals surface area contributed by atoms with Crippen LogP contribution >= 0.6 is 0 Å². The highest BCUT2D eigenvalue weighted by Gasteiger charge is 2.26. The summed E-state index contributed by atoms with van der Waals surface area (Å²) >= 11 is 0. The predicted octanol–water partition coefficient (Wildman–Crippen LogP) is 3.54. The first kappa shape index (κ1) is 14.9. The third kappa shape index (κ3) is 2.82. The molecule has 0 aliphatic carbocycles. The molecule has 22 heavy (non-hydrogen) atoms. The van der Waals surface area contributed by atoms with Crippen LogP contribution in [0, 0.1) is 5.92 Å². The summed E-state index contributed by atoms with van der Waals surface area (Å²) < 4.78 is 5.29. The number of aromatic nitrogens is 1. The van der Waals surface area contributed by atoms with Gasteiger partial charge in [0.05, 0.1) is 7.11 Å². The Morgan fingerprint density at radius 2 is 2.18 bits per heavy atom. The molecule has 0 spiro atoms. The van der Waals surface area contributed by atoms with E-state index in [1.807, 2.05) is 24.8 Å². The van der Waals surface area contributed by atoms with Gasteiger partial charge in [-0.2, -0.15) is 0 Å². The number of aromatic amines is 1. The lowest BCUT2D eigenvalue weighted by atomic mass is 9.94. The number of piperidine rings is 1. The lowest BCUT2D eigenvalue weighted by Gasteiger charge is -2.33. The summed E-state index contributed by atoms with van der Waals surface area (Å²) in [6.07, 6.45) is 2.20. The molecule has 1 fully saturated rings. The molecule has 1 amide bonds. The summed E-state index contributed by atoms with van der Waals surface area (Å²) in [5.74, 6) is 1.61. The van der Waals surface area contributed by atoms with Crippen molar-refractivity contribution < 1.29 is 9.53 Å². The van der Waals surface area contributed by atoms with E-state index in [1.165, 1.54) is 11.1 Å². The first-order chi connectivity index (χ1) is 10.6. The molecule has 4 heteroatoms. The maximum atomic E-state index is 12.2. The molecule has 1 atom stereocenters. The van der Waals surface area contributed by atoms with E-state index in [0.717, 1.165) is 37.2 Å². The van der Waals surface area contributed by atoms with Crippen LogP contribution in [0.1, 0.15) is 38.3 Å². The van der Waals surface area contributed by atoms with Crippen molar-refractivity contribution in [2.45, 2.75) is 32.6 Å². The average Bonchev–Trinajstić information content (AvgIpc) is 2.97. The van der Waals surface area contributed by atoms with Crippen molar-refractivity contribution in [1.29, 1.82) is 0 Å². The maximum absolute atomic E-state index is 12.2. The van der Waals surface area contributed by atoms with Gasteiger partial charge in [-0.25, -0.2) is 0 Å². The molecule has 4 nitrogen and oxygen atoms in total. The first-order valence-electron chi connectivity index (χ1n) is 8.04. The van der Waals surface area contributed by atoms with Crippen LogP contribution in [0.5, 0.6) is 5.75 Å². The van der Waals surface area contributed by atoms with Crippen molar-refractivity contribution in [2.75, 3.05) is 20.2 Å². The van der Waals surface area contributed by atoms with Gasteiger partial charge < -0.3 is 14.6 Å². The zero-order valence-electron chi connectivity index (χ0n) is 13.6. The van der Waals surface area contributed by atoms with E-state index in [9.17, 15) is 4.79 Å². The molecular weight excluding hydrogens is 276 g/mol. The summed E-state index contributed by atoms with van der Waals surface area (Å²) in [5, 5.41) is 1.17. The number of benzene rings is 1. The number of amides is 1. The molecule has 1 unspecified atom stereocenters. The van der Waals surface area contributed by atoms with E-state index in [-0.39, 0.29) is 11.8 Å². The van der Waals surface area contributed by atoms with Gasteiger partial charge in [-0.3, -0.25) is 4.79 Å². The lowest BCUT2D eigenvalue weighted by molar-refractivity contribution is -0.135. The quantitative estimate of drug-likeness (QED) is 0.942. The largest absolute Gasteiger partial charge is 0.497 e. The molecule has 0 bridgehead atoms. The fourth-order valence-electron chi connectivity index (χ4n) is 3.28. The zero-order valence-corrected chi connectivity index (χ0v) is 13.6. The van der Waals surface area contributed by atoms with Crippen LogP contribution in [0.2, 0.25) is 0 Å². The summed E-state index contributed by atoms with van der Waals surface area (Å²) in [4.78, 5) is 17.8. The number of methoxy groups -OCH3 is 1. The Hall–Kier alpha value is -1.97. The first-order valence-corrected chi connectivity index (χ1v) is 8.04. The Morgan fingerprint density at radius 1 is 1.36 bits per heavy atom. The van der Waals surface area contributed by atoms with Crippen LogP contribution in [-0.2, 0) is 4.79 Å². The molecule has 1 saturated heterocycles. The smallest absolute Gasteiger partial charge is 0.225 e. The number of likely N-dealkylation sites (tertiary alicyclic amines) is 1. The second-order valence-electron chi connectivity index (χ2n) is 6.46. The molecule has 1 aromatic heterocycles. The molecule has 2 aromatic rings. The van der Waals surface area contributed by atoms with Gasteiger partial charge in [-0.05, 0) is 37.1 Å². The predicted molar refractivity (Wildman–Crippen MR) is 88.2 cm³/mol. The second kappa shape index (κ2) is 6.03. The highest BCUT2D eigenvalue weighted by molar-refractivity contribution is 5.82. The molecule has 1 aromatic carbocycles. The number of nitrogens with one attached hydrogen (secondary N) is 1. The number of H-pyrrole nitrogens is 1. The van der Waals surface area contributed by atoms with Gasteiger partial charge in [-0.15, -0.1) is 0 Å². The van der Waals surface area contributed by atoms with Crippen LogP contribution in [-0.4, -0.2) is 36.0 Å². The van der Waals surface area contributed by atoms with E-state index < -0.39 is 0 Å². The highest BCUT2D eigenvalue weighted by atomic mass is 16.5. The molecule has 0 radical (unpaired) electrons. The van der Waals surface area contributed by atoms with Crippen LogP contribution in [0.4, 0.5) is 0 Å². The Bertz CT molecular complexity index is 675. The number of nitrogens with zero attached hydrogens (tertiary/aromatic N) is 1. The Balaban J connectivity index is 1.82. The Morgan fingerprint density at radius 3 is 2.91 bits per heavy atom. The van der Waals surface area contributed by atoms with E-state index in [4.69, 9.17) is 4.74 Å². The van der Waals surface area contributed by atoms with Gasteiger partial charge in [0, 0.05) is 41.5 Å². The van der Waals surface area contributed by atoms with Crippen LogP contribution in [0.3, 0.4) is 0 Å². The standard InChI is InChI=1S/C18H24N2O2/c1-12(2)18(21)20-8-4-5-13(11-20)17-10-14-9-15(22-3)6-7-16(14)19-17/h6-7,9-10,12-13,19H,4-5,8,11H2,1-3H3. The number of carbonyl (C=O) groups is 1. The minimum Gasteiger partial charge on any atom is -0.497 e. The molecule has 1 N–H and O–H groups in total. The van der Waals surface area contributed by atoms with Gasteiger partial charge in [0.1, 0.15) is 5.75 Å². The normalized spacial score (nSPS) is 18.9. The SMILES string of the molecule is COc1ccc2[nH]c(C3CCCN(C(=O)C(C)C)C3)cc2c1. The summed E-state index contributed by atoms with van der Waals surface area (Å²) in [5.41, 5.74) is 2.35. The van der Waals surface area contributed by atoms with E-state index >= 15 is 0 Å². The highest BCUT2D eigenvalue weighted by Crippen LogP contribution is 2.30. The minimum absolute atomic E-state index is 0.0747. The van der Waals surface area contributed by atoms with Gasteiger partial charge >= 0.3 is 0 Å². The number of fused-ring (bicyclic) bond motifs is 1. The summed E-state index contributed by atoms with van der Waals surface area (Å²) in [6, 6.07) is 8.27. The van der Waals surface area contributed by atoms with Crippen molar-refractivity contribution >= 4 is 16.8 Å². The van der Waals surface area contributed by atoms with Crippen molar-refractivity contribution in [3.8, 4) is 5.75 Å². The van der Waals surface area contributed by atoms with E-state index in [0.29, 0.717) is 5.92 Å². The van der Waals surface area contributed by atoms with Crippen molar-refractivity contribution in [3.05, 3.63) is 30.0 Å². The van der Waals surface area contributed by atoms with Gasteiger partial charge in [0.15, 0.2) is 0 Å². The third-order valence-electron chi connectivity index (χ3n) is 4.52. The van der Waals surface area contributed by atoms with E-state index in [2.05, 4.69) is 23.2 Å². The minimum atomic E-state index is 0.0747. The van der Waals surface area contributed by atoms with Gasteiger partial charge in [0.2, 0.25) is 5.91 Å². The number of ether oxygens (including phenoxy) is 1. The fraction of sp³-hybridized carbons (Fsp3) is 0.500. The van der Waals surface area contributed by atoms with Crippen LogP contribution < -0.4 is 4.74 Å². The zero-order chi connectivity index (χ0) is 15.7. The topological polar surface area (TPSA) is 45.3 Å². The van der Waals surface area contributed by atoms with E-state index in [1.54, 1.807) is 7.11 Å². The molecule has 1 aliphatic heterocycles. The Kier molecular flexibility index (Phi) is 4.10. The summed E-state index contributed by atoms with van der Waals surface area (Å²) in [6.45, 7) is 5.66. The maximum Gasteiger partial charge on any atom is 0.225 e. The van der Waals surface area contributed by atoms with Gasteiger partial charge in [-0.1, -0.05) is 13.8 Å². The third-order valence-corrected chi connectivity index (χ3v) is 4.52. The molecule has 118 valence electrons. The van der Waals surface area contributed by atoms with Crippen LogP contribution in [0.25, 0.3) is 10.9 Å². The summed E-state index contributed by atoms with van der Waals surface area (Å²) in [7, 11) is 1.69. The van der Waals surface area contributed by atoms with Crippen LogP contribution in [0.15, 0.2) is 24.3 Å². The molecular formula is C18H24N2O2. The van der Waals surface area contributed by atoms with Crippen molar-refractivity contribution in [3.63, 3.8) is 0 Å². The molecule has 0 saturated carbocycles. The van der Waals surface area contributed by atoms with Crippen molar-refractivity contribution in [1.82, 2.24) is 9.88 Å². The second-order valence-corrected chi connectivity index (χ2v) is 6.46. The molecule has 2 heterocycles. The number of carbonyl (C=O) groups excluding carboxylic acids is 1. The lowest BCUT2D eigenvalue weighted by Crippen LogP contribution is -2.41. The molecule has 3 rings (SSSR count). The van der Waals surface area contributed by atoms with Crippen molar-refractivity contribution in [2.24, 2.45) is 5.92 Å². The fourth-order valence-corrected chi connectivity index (χ4v) is 3.28. The number of rotatable bonds is 3. The monoisotopic (exact) mass is 300 g/mol. The van der Waals surface area contributed by atoms with Gasteiger partial charge in [0.25, 0.3) is 0 Å².